The highest BCUT2D eigenvalue weighted by molar-refractivity contribution is 7.89. The summed E-state index contributed by atoms with van der Waals surface area (Å²) in [5, 5.41) is 23.4. The Morgan fingerprint density at radius 2 is 1.60 bits per heavy atom. The molecule has 0 aliphatic rings. The number of nitrogens with two attached hydrogens (primary N) is 1. The standard InChI is InChI=1S/C16H12ClN3O4S/c17-11-5-1-9(2-6-11)13-14(19-20-15(13)16(21)22)10-3-7-12(8-4-10)25(18,23)24/h1-8H,(H,19,20)(H,21,22)(H2,18,23,24)/p-1. The van der Waals surface area contributed by atoms with Gasteiger partial charge in [-0.15, -0.1) is 0 Å². The first-order valence-electron chi connectivity index (χ1n) is 6.96. The van der Waals surface area contributed by atoms with Crippen LogP contribution in [0.3, 0.4) is 0 Å². The van der Waals surface area contributed by atoms with Crippen molar-refractivity contribution in [1.82, 2.24) is 10.2 Å². The zero-order valence-electron chi connectivity index (χ0n) is 12.6. The molecule has 9 heteroatoms. The molecule has 0 fully saturated rings. The van der Waals surface area contributed by atoms with Gasteiger partial charge in [0.1, 0.15) is 5.69 Å². The highest BCUT2D eigenvalue weighted by Gasteiger charge is 2.18. The van der Waals surface area contributed by atoms with Crippen LogP contribution < -0.4 is 10.2 Å². The monoisotopic (exact) mass is 376 g/mol. The van der Waals surface area contributed by atoms with Crippen molar-refractivity contribution in [2.45, 2.75) is 4.90 Å². The van der Waals surface area contributed by atoms with E-state index in [9.17, 15) is 18.3 Å². The summed E-state index contributed by atoms with van der Waals surface area (Å²) in [5.74, 6) is -1.41. The molecule has 25 heavy (non-hydrogen) atoms. The molecule has 1 heterocycles. The van der Waals surface area contributed by atoms with Gasteiger partial charge in [-0.25, -0.2) is 13.6 Å². The molecule has 0 bridgehead atoms. The molecular weight excluding hydrogens is 366 g/mol. The summed E-state index contributed by atoms with van der Waals surface area (Å²) in [6.07, 6.45) is 0. The lowest BCUT2D eigenvalue weighted by Gasteiger charge is -2.08. The van der Waals surface area contributed by atoms with Gasteiger partial charge in [-0.05, 0) is 29.8 Å². The molecule has 3 aromatic rings. The summed E-state index contributed by atoms with van der Waals surface area (Å²) in [7, 11) is -3.82. The maximum Gasteiger partial charge on any atom is 0.238 e. The summed E-state index contributed by atoms with van der Waals surface area (Å²) >= 11 is 5.87. The van der Waals surface area contributed by atoms with E-state index in [4.69, 9.17) is 16.7 Å². The van der Waals surface area contributed by atoms with Crippen LogP contribution in [0.15, 0.2) is 53.4 Å². The van der Waals surface area contributed by atoms with Gasteiger partial charge in [0.15, 0.2) is 0 Å². The second-order valence-corrected chi connectivity index (χ2v) is 7.18. The predicted molar refractivity (Wildman–Crippen MR) is 90.2 cm³/mol. The second kappa shape index (κ2) is 6.32. The van der Waals surface area contributed by atoms with Crippen LogP contribution in [-0.4, -0.2) is 24.6 Å². The smallest absolute Gasteiger partial charge is 0.238 e. The van der Waals surface area contributed by atoms with Gasteiger partial charge in [-0.2, -0.15) is 5.10 Å². The van der Waals surface area contributed by atoms with E-state index in [1.54, 1.807) is 24.3 Å². The fourth-order valence-corrected chi connectivity index (χ4v) is 3.04. The van der Waals surface area contributed by atoms with Gasteiger partial charge < -0.3 is 9.90 Å². The molecule has 0 aliphatic heterocycles. The molecular formula is C16H11ClN3O4S-. The van der Waals surface area contributed by atoms with Gasteiger partial charge in [0.05, 0.1) is 16.6 Å². The number of carbonyl (C=O) groups is 1. The van der Waals surface area contributed by atoms with Crippen molar-refractivity contribution in [3.8, 4) is 22.4 Å². The molecule has 0 saturated heterocycles. The molecule has 0 aliphatic carbocycles. The highest BCUT2D eigenvalue weighted by Crippen LogP contribution is 2.34. The first-order valence-corrected chi connectivity index (χ1v) is 8.88. The van der Waals surface area contributed by atoms with Crippen molar-refractivity contribution in [3.05, 3.63) is 59.2 Å². The molecule has 7 nitrogen and oxygen atoms in total. The first-order chi connectivity index (χ1) is 11.8. The van der Waals surface area contributed by atoms with Crippen molar-refractivity contribution in [3.63, 3.8) is 0 Å². The summed E-state index contributed by atoms with van der Waals surface area (Å²) in [5.41, 5.74) is 1.55. The predicted octanol–water partition coefficient (Wildman–Crippen LogP) is 1.41. The average molecular weight is 377 g/mol. The van der Waals surface area contributed by atoms with Crippen LogP contribution in [0.4, 0.5) is 0 Å². The third-order valence-corrected chi connectivity index (χ3v) is 4.74. The zero-order chi connectivity index (χ0) is 18.2. The number of aromatic carboxylic acids is 1. The van der Waals surface area contributed by atoms with Crippen molar-refractivity contribution in [2.24, 2.45) is 5.14 Å². The summed E-state index contributed by atoms with van der Waals surface area (Å²) in [6.45, 7) is 0. The lowest BCUT2D eigenvalue weighted by molar-refractivity contribution is -0.255. The van der Waals surface area contributed by atoms with E-state index in [0.717, 1.165) is 0 Å². The number of benzene rings is 2. The maximum absolute atomic E-state index is 11.4. The molecule has 0 radical (unpaired) electrons. The Balaban J connectivity index is 2.17. The molecule has 128 valence electrons. The van der Waals surface area contributed by atoms with Gasteiger partial charge in [0, 0.05) is 16.1 Å². The Kier molecular flexibility index (Phi) is 4.34. The van der Waals surface area contributed by atoms with Gasteiger partial charge in [0.25, 0.3) is 0 Å². The zero-order valence-corrected chi connectivity index (χ0v) is 14.1. The molecule has 0 atom stereocenters. The van der Waals surface area contributed by atoms with Crippen LogP contribution in [0.2, 0.25) is 5.02 Å². The van der Waals surface area contributed by atoms with Gasteiger partial charge in [-0.1, -0.05) is 35.9 Å². The molecule has 0 amide bonds. The molecule has 0 saturated carbocycles. The maximum atomic E-state index is 11.4. The van der Waals surface area contributed by atoms with E-state index in [0.29, 0.717) is 27.4 Å². The molecule has 3 rings (SSSR count). The Bertz CT molecular complexity index is 1040. The largest absolute Gasteiger partial charge is 0.543 e. The van der Waals surface area contributed by atoms with Crippen LogP contribution in [0.1, 0.15) is 10.5 Å². The number of halogens is 1. The fraction of sp³-hybridized carbons (Fsp3) is 0. The van der Waals surface area contributed by atoms with E-state index in [2.05, 4.69) is 10.2 Å². The van der Waals surface area contributed by atoms with E-state index in [-0.39, 0.29) is 10.6 Å². The van der Waals surface area contributed by atoms with Crippen LogP contribution in [0.25, 0.3) is 22.4 Å². The number of carbonyl (C=O) groups excluding carboxylic acids is 1. The number of carboxylic acids is 1. The number of H-pyrrole nitrogens is 1. The molecule has 0 spiro atoms. The Morgan fingerprint density at radius 3 is 2.12 bits per heavy atom. The minimum absolute atomic E-state index is 0.0556. The number of rotatable bonds is 4. The normalized spacial score (nSPS) is 11.4. The van der Waals surface area contributed by atoms with Crippen LogP contribution in [-0.2, 0) is 10.0 Å². The van der Waals surface area contributed by atoms with Crippen LogP contribution >= 0.6 is 11.6 Å². The van der Waals surface area contributed by atoms with E-state index in [1.807, 2.05) is 0 Å². The summed E-state index contributed by atoms with van der Waals surface area (Å²) in [6, 6.07) is 12.2. The van der Waals surface area contributed by atoms with Crippen LogP contribution in [0.5, 0.6) is 0 Å². The number of primary sulfonamides is 1. The lowest BCUT2D eigenvalue weighted by Crippen LogP contribution is -2.23. The number of nitrogens with zero attached hydrogens (tertiary/aromatic N) is 1. The Labute approximate surface area is 148 Å². The minimum Gasteiger partial charge on any atom is -0.543 e. The van der Waals surface area contributed by atoms with Crippen molar-refractivity contribution in [2.75, 3.05) is 0 Å². The van der Waals surface area contributed by atoms with Gasteiger partial charge in [-0.3, -0.25) is 5.10 Å². The lowest BCUT2D eigenvalue weighted by atomic mass is 9.99. The number of hydrogen-bond donors (Lipinski definition) is 2. The molecule has 1 aromatic heterocycles. The topological polar surface area (TPSA) is 129 Å². The number of aromatic amines is 1. The number of carboxylic acid groups (broad SMARTS) is 1. The highest BCUT2D eigenvalue weighted by atomic mass is 35.5. The number of aromatic nitrogens is 2. The third-order valence-electron chi connectivity index (χ3n) is 3.56. The summed E-state index contributed by atoms with van der Waals surface area (Å²) in [4.78, 5) is 11.3. The molecule has 0 unspecified atom stereocenters. The fourth-order valence-electron chi connectivity index (χ4n) is 2.40. The van der Waals surface area contributed by atoms with E-state index < -0.39 is 16.0 Å². The molecule has 3 N–H and O–H groups in total. The van der Waals surface area contributed by atoms with E-state index >= 15 is 0 Å². The summed E-state index contributed by atoms with van der Waals surface area (Å²) < 4.78 is 22.7. The first kappa shape index (κ1) is 17.2. The molecule has 2 aromatic carbocycles. The van der Waals surface area contributed by atoms with Crippen LogP contribution in [0, 0.1) is 0 Å². The van der Waals surface area contributed by atoms with Gasteiger partial charge >= 0.3 is 0 Å². The van der Waals surface area contributed by atoms with Crippen molar-refractivity contribution >= 4 is 27.6 Å². The second-order valence-electron chi connectivity index (χ2n) is 5.19. The van der Waals surface area contributed by atoms with Gasteiger partial charge in [0.2, 0.25) is 10.0 Å². The number of nitrogens with one attached hydrogen (secondary N) is 1. The number of sulfonamides is 1. The van der Waals surface area contributed by atoms with E-state index in [1.165, 1.54) is 24.3 Å². The number of hydrogen-bond acceptors (Lipinski definition) is 5. The minimum atomic E-state index is -3.82. The van der Waals surface area contributed by atoms with Crippen molar-refractivity contribution < 1.29 is 18.3 Å². The quantitative estimate of drug-likeness (QED) is 0.711. The van der Waals surface area contributed by atoms with Crippen molar-refractivity contribution in [1.29, 1.82) is 0 Å². The third kappa shape index (κ3) is 3.41. The Hall–Kier alpha value is -2.68. The average Bonchev–Trinajstić information content (AvgIpc) is 3.00. The SMILES string of the molecule is NS(=O)(=O)c1ccc(-c2n[nH]c(C(=O)[O-])c2-c2ccc(Cl)cc2)cc1. The Morgan fingerprint density at radius 1 is 1.04 bits per heavy atom.